The Morgan fingerprint density at radius 3 is 2.63 bits per heavy atom. The van der Waals surface area contributed by atoms with Crippen molar-refractivity contribution in [2.24, 2.45) is 0 Å². The van der Waals surface area contributed by atoms with Gasteiger partial charge in [-0.05, 0) is 38.1 Å². The zero-order valence-corrected chi connectivity index (χ0v) is 16.0. The fourth-order valence-electron chi connectivity index (χ4n) is 2.61. The number of aryl methyl sites for hydroxylation is 1. The molecule has 0 aliphatic rings. The Hall–Kier alpha value is -2.64. The van der Waals surface area contributed by atoms with Crippen molar-refractivity contribution >= 4 is 23.5 Å². The summed E-state index contributed by atoms with van der Waals surface area (Å²) in [5.41, 5.74) is 3.08. The number of rotatable bonds is 9. The Kier molecular flexibility index (Phi) is 7.15. The number of aliphatic carboxylic acids is 1. The summed E-state index contributed by atoms with van der Waals surface area (Å²) in [5, 5.41) is 16.8. The van der Waals surface area contributed by atoms with Crippen molar-refractivity contribution < 1.29 is 19.4 Å². The SMILES string of the molecule is C=CCOCC(NC(=O)Cc1c(C)nn(-c2ccc(Cl)cc2)c1C)C(=O)O. The van der Waals surface area contributed by atoms with E-state index in [0.717, 1.165) is 16.9 Å². The van der Waals surface area contributed by atoms with Gasteiger partial charge in [0.1, 0.15) is 0 Å². The first-order valence-corrected chi connectivity index (χ1v) is 8.73. The second-order valence-electron chi connectivity index (χ2n) is 6.00. The topological polar surface area (TPSA) is 93.5 Å². The van der Waals surface area contributed by atoms with E-state index < -0.39 is 17.9 Å². The predicted molar refractivity (Wildman–Crippen MR) is 102 cm³/mol. The average Bonchev–Trinajstić information content (AvgIpc) is 2.89. The lowest BCUT2D eigenvalue weighted by molar-refractivity contribution is -0.143. The molecule has 8 heteroatoms. The summed E-state index contributed by atoms with van der Waals surface area (Å²) in [6, 6.07) is 6.08. The molecule has 1 unspecified atom stereocenters. The van der Waals surface area contributed by atoms with Crippen LogP contribution in [0.5, 0.6) is 0 Å². The molecule has 0 saturated carbocycles. The van der Waals surface area contributed by atoms with Crippen molar-refractivity contribution in [1.82, 2.24) is 15.1 Å². The van der Waals surface area contributed by atoms with E-state index in [2.05, 4.69) is 17.0 Å². The third-order valence-corrected chi connectivity index (χ3v) is 4.26. The molecular formula is C19H22ClN3O4. The highest BCUT2D eigenvalue weighted by molar-refractivity contribution is 6.30. The highest BCUT2D eigenvalue weighted by Gasteiger charge is 2.22. The van der Waals surface area contributed by atoms with Gasteiger partial charge in [-0.25, -0.2) is 9.48 Å². The minimum Gasteiger partial charge on any atom is -0.480 e. The molecule has 1 aromatic carbocycles. The van der Waals surface area contributed by atoms with Gasteiger partial charge in [0.05, 0.1) is 31.0 Å². The third-order valence-electron chi connectivity index (χ3n) is 4.00. The molecule has 2 aromatic rings. The van der Waals surface area contributed by atoms with Gasteiger partial charge >= 0.3 is 5.97 Å². The van der Waals surface area contributed by atoms with Gasteiger partial charge in [0.2, 0.25) is 5.91 Å². The van der Waals surface area contributed by atoms with Gasteiger partial charge in [-0.15, -0.1) is 6.58 Å². The highest BCUT2D eigenvalue weighted by atomic mass is 35.5. The van der Waals surface area contributed by atoms with Crippen molar-refractivity contribution in [3.05, 3.63) is 58.9 Å². The number of nitrogens with zero attached hydrogens (tertiary/aromatic N) is 2. The van der Waals surface area contributed by atoms with Crippen LogP contribution in [0.3, 0.4) is 0 Å². The van der Waals surface area contributed by atoms with Crippen molar-refractivity contribution in [1.29, 1.82) is 0 Å². The molecule has 1 amide bonds. The molecule has 0 fully saturated rings. The van der Waals surface area contributed by atoms with Crippen LogP contribution < -0.4 is 5.32 Å². The molecule has 27 heavy (non-hydrogen) atoms. The average molecular weight is 392 g/mol. The first-order chi connectivity index (χ1) is 12.8. The van der Waals surface area contributed by atoms with Crippen LogP contribution in [0.2, 0.25) is 5.02 Å². The smallest absolute Gasteiger partial charge is 0.328 e. The number of hydrogen-bond donors (Lipinski definition) is 2. The number of carbonyl (C=O) groups is 2. The molecule has 2 rings (SSSR count). The van der Waals surface area contributed by atoms with Crippen LogP contribution in [0.25, 0.3) is 5.69 Å². The lowest BCUT2D eigenvalue weighted by atomic mass is 10.1. The number of carboxylic acids is 1. The van der Waals surface area contributed by atoms with E-state index in [1.165, 1.54) is 6.08 Å². The minimum atomic E-state index is -1.15. The lowest BCUT2D eigenvalue weighted by Crippen LogP contribution is -2.44. The van der Waals surface area contributed by atoms with Gasteiger partial charge in [-0.2, -0.15) is 5.10 Å². The van der Waals surface area contributed by atoms with Crippen molar-refractivity contribution in [3.8, 4) is 5.69 Å². The number of carbonyl (C=O) groups excluding carboxylic acids is 1. The predicted octanol–water partition coefficient (Wildman–Crippen LogP) is 2.46. The van der Waals surface area contributed by atoms with E-state index >= 15 is 0 Å². The van der Waals surface area contributed by atoms with Gasteiger partial charge < -0.3 is 15.2 Å². The molecule has 0 saturated heterocycles. The molecular weight excluding hydrogens is 370 g/mol. The Labute approximate surface area is 162 Å². The second kappa shape index (κ2) is 9.34. The van der Waals surface area contributed by atoms with Crippen LogP contribution >= 0.6 is 11.6 Å². The molecule has 0 spiro atoms. The van der Waals surface area contributed by atoms with E-state index in [0.29, 0.717) is 10.7 Å². The Balaban J connectivity index is 2.12. The number of nitrogens with one attached hydrogen (secondary N) is 1. The van der Waals surface area contributed by atoms with Gasteiger partial charge in [0, 0.05) is 16.3 Å². The first-order valence-electron chi connectivity index (χ1n) is 8.35. The molecule has 1 atom stereocenters. The van der Waals surface area contributed by atoms with Gasteiger partial charge in [-0.1, -0.05) is 17.7 Å². The van der Waals surface area contributed by atoms with E-state index in [9.17, 15) is 14.7 Å². The number of carboxylic acid groups (broad SMARTS) is 1. The van der Waals surface area contributed by atoms with Crippen LogP contribution in [-0.4, -0.2) is 46.0 Å². The van der Waals surface area contributed by atoms with Crippen LogP contribution in [0.15, 0.2) is 36.9 Å². The second-order valence-corrected chi connectivity index (χ2v) is 6.44. The van der Waals surface area contributed by atoms with Crippen molar-refractivity contribution in [3.63, 3.8) is 0 Å². The van der Waals surface area contributed by atoms with Gasteiger partial charge in [-0.3, -0.25) is 4.79 Å². The van der Waals surface area contributed by atoms with Crippen molar-refractivity contribution in [2.75, 3.05) is 13.2 Å². The van der Waals surface area contributed by atoms with Crippen LogP contribution in [0.4, 0.5) is 0 Å². The third kappa shape index (κ3) is 5.42. The number of hydrogen-bond acceptors (Lipinski definition) is 4. The molecule has 7 nitrogen and oxygen atoms in total. The van der Waals surface area contributed by atoms with Crippen LogP contribution in [0, 0.1) is 13.8 Å². The molecule has 0 aliphatic carbocycles. The summed E-state index contributed by atoms with van der Waals surface area (Å²) in [6.07, 6.45) is 1.54. The molecule has 144 valence electrons. The van der Waals surface area contributed by atoms with E-state index in [1.807, 2.05) is 26.0 Å². The number of aromatic nitrogens is 2. The van der Waals surface area contributed by atoms with E-state index in [1.54, 1.807) is 16.8 Å². The zero-order chi connectivity index (χ0) is 20.0. The number of ether oxygens (including phenoxy) is 1. The minimum absolute atomic E-state index is 0.0243. The highest BCUT2D eigenvalue weighted by Crippen LogP contribution is 2.20. The quantitative estimate of drug-likeness (QED) is 0.506. The maximum Gasteiger partial charge on any atom is 0.328 e. The monoisotopic (exact) mass is 391 g/mol. The number of benzene rings is 1. The summed E-state index contributed by atoms with van der Waals surface area (Å²) in [4.78, 5) is 23.6. The maximum absolute atomic E-state index is 12.4. The van der Waals surface area contributed by atoms with Gasteiger partial charge in [0.15, 0.2) is 6.04 Å². The molecule has 2 N–H and O–H groups in total. The standard InChI is InChI=1S/C19H22ClN3O4/c1-4-9-27-11-17(19(25)26)21-18(24)10-16-12(2)22-23(13(16)3)15-7-5-14(20)6-8-15/h4-8,17H,1,9-11H2,2-3H3,(H,21,24)(H,25,26). The summed E-state index contributed by atoms with van der Waals surface area (Å²) >= 11 is 5.92. The molecule has 0 aliphatic heterocycles. The van der Waals surface area contributed by atoms with Crippen molar-refractivity contribution in [2.45, 2.75) is 26.3 Å². The van der Waals surface area contributed by atoms with E-state index in [-0.39, 0.29) is 19.6 Å². The molecule has 0 bridgehead atoms. The Morgan fingerprint density at radius 2 is 2.04 bits per heavy atom. The largest absolute Gasteiger partial charge is 0.480 e. The summed E-state index contributed by atoms with van der Waals surface area (Å²) < 4.78 is 6.87. The normalized spacial score (nSPS) is 11.8. The van der Waals surface area contributed by atoms with E-state index in [4.69, 9.17) is 16.3 Å². The fraction of sp³-hybridized carbons (Fsp3) is 0.316. The molecule has 0 radical (unpaired) electrons. The summed E-state index contributed by atoms with van der Waals surface area (Å²) in [5.74, 6) is -1.57. The number of halogens is 1. The Bertz CT molecular complexity index is 830. The zero-order valence-electron chi connectivity index (χ0n) is 15.2. The Morgan fingerprint density at radius 1 is 1.37 bits per heavy atom. The van der Waals surface area contributed by atoms with Crippen LogP contribution in [0.1, 0.15) is 17.0 Å². The first kappa shape index (κ1) is 20.7. The molecule has 1 heterocycles. The molecule has 1 aromatic heterocycles. The maximum atomic E-state index is 12.4. The summed E-state index contributed by atoms with van der Waals surface area (Å²) in [6.45, 7) is 7.25. The number of amides is 1. The van der Waals surface area contributed by atoms with Gasteiger partial charge in [0.25, 0.3) is 0 Å². The lowest BCUT2D eigenvalue weighted by Gasteiger charge is -2.14. The van der Waals surface area contributed by atoms with Crippen LogP contribution in [-0.2, 0) is 20.7 Å². The summed E-state index contributed by atoms with van der Waals surface area (Å²) in [7, 11) is 0. The fourth-order valence-corrected chi connectivity index (χ4v) is 2.74.